The quantitative estimate of drug-likeness (QED) is 0.320. The minimum Gasteiger partial charge on any atom is -0.438 e. The zero-order valence-electron chi connectivity index (χ0n) is 20.9. The molecule has 35 heavy (non-hydrogen) atoms. The highest BCUT2D eigenvalue weighted by atomic mass is 16.7. The number of rotatable bonds is 3. The van der Waals surface area contributed by atoms with E-state index >= 15 is 0 Å². The van der Waals surface area contributed by atoms with Gasteiger partial charge in [-0.25, -0.2) is 14.4 Å². The van der Waals surface area contributed by atoms with Crippen LogP contribution in [0.25, 0.3) is 0 Å². The molecule has 4 rings (SSSR count). The predicted molar refractivity (Wildman–Crippen MR) is 119 cm³/mol. The minimum atomic E-state index is -0.825. The van der Waals surface area contributed by atoms with Crippen molar-refractivity contribution in [3.05, 3.63) is 11.6 Å². The fourth-order valence-electron chi connectivity index (χ4n) is 7.29. The summed E-state index contributed by atoms with van der Waals surface area (Å²) in [6.07, 6.45) is 1.02. The number of Topliss-reactive ketones (excluding diaryl/α,β-unsaturated/α-hetero) is 1. The first-order chi connectivity index (χ1) is 16.6. The molecule has 0 radical (unpaired) electrons. The molecule has 0 aromatic heterocycles. The Morgan fingerprint density at radius 2 is 1.51 bits per heavy atom. The standard InChI is InChI=1S/C25H34O10/c1-24-9-8-14(33-21(27)30-3)10-13(24)11-16(34-22(28)31-4)19-15-6-7-18(26)25(15,2)12-17(20(19)24)35-23(29)32-5/h11,14-17,19-20H,6-10,12H2,1-5H3/t14-,15-,16-,17+,19+,20-,24-,25-/m0/s1. The van der Waals surface area contributed by atoms with Crippen LogP contribution in [0.5, 0.6) is 0 Å². The molecule has 10 heteroatoms. The summed E-state index contributed by atoms with van der Waals surface area (Å²) in [5.41, 5.74) is -0.175. The number of fused-ring (bicyclic) bond motifs is 5. The third kappa shape index (κ3) is 4.25. The van der Waals surface area contributed by atoms with Crippen LogP contribution in [0.4, 0.5) is 14.4 Å². The Morgan fingerprint density at radius 3 is 2.17 bits per heavy atom. The molecule has 8 atom stereocenters. The van der Waals surface area contributed by atoms with Crippen LogP contribution < -0.4 is 0 Å². The topological polar surface area (TPSA) is 124 Å². The van der Waals surface area contributed by atoms with Crippen LogP contribution in [0.3, 0.4) is 0 Å². The van der Waals surface area contributed by atoms with E-state index in [2.05, 4.69) is 11.7 Å². The van der Waals surface area contributed by atoms with Gasteiger partial charge < -0.3 is 28.4 Å². The van der Waals surface area contributed by atoms with E-state index in [1.165, 1.54) is 21.3 Å². The van der Waals surface area contributed by atoms with Crippen molar-refractivity contribution < 1.29 is 47.6 Å². The fourth-order valence-corrected chi connectivity index (χ4v) is 7.29. The average Bonchev–Trinajstić information content (AvgIpc) is 3.13. The first-order valence-corrected chi connectivity index (χ1v) is 12.1. The summed E-state index contributed by atoms with van der Waals surface area (Å²) in [6, 6.07) is 0. The van der Waals surface area contributed by atoms with Gasteiger partial charge in [-0.1, -0.05) is 19.4 Å². The Kier molecular flexibility index (Phi) is 6.76. The van der Waals surface area contributed by atoms with Gasteiger partial charge in [0.1, 0.15) is 24.1 Å². The van der Waals surface area contributed by atoms with Gasteiger partial charge in [0.2, 0.25) is 0 Å². The van der Waals surface area contributed by atoms with Gasteiger partial charge >= 0.3 is 18.5 Å². The summed E-state index contributed by atoms with van der Waals surface area (Å²) in [5, 5.41) is 0. The van der Waals surface area contributed by atoms with Gasteiger partial charge in [0.25, 0.3) is 0 Å². The maximum atomic E-state index is 13.0. The first kappa shape index (κ1) is 25.3. The zero-order chi connectivity index (χ0) is 25.5. The van der Waals surface area contributed by atoms with Crippen molar-refractivity contribution in [3.8, 4) is 0 Å². The number of hydrogen-bond donors (Lipinski definition) is 0. The molecule has 0 spiro atoms. The lowest BCUT2D eigenvalue weighted by Crippen LogP contribution is -2.61. The number of carbonyl (C=O) groups is 4. The molecule has 0 heterocycles. The monoisotopic (exact) mass is 494 g/mol. The van der Waals surface area contributed by atoms with Crippen molar-refractivity contribution in [2.24, 2.45) is 28.6 Å². The van der Waals surface area contributed by atoms with Crippen molar-refractivity contribution in [2.75, 3.05) is 21.3 Å². The summed E-state index contributed by atoms with van der Waals surface area (Å²) in [4.78, 5) is 49.3. The number of methoxy groups -OCH3 is 3. The van der Waals surface area contributed by atoms with Gasteiger partial charge in [0.05, 0.1) is 21.3 Å². The fraction of sp³-hybridized carbons (Fsp3) is 0.760. The maximum absolute atomic E-state index is 13.0. The SMILES string of the molecule is COC(=O)O[C@H]1CC[C@@]2(C)C(=C[C@H](OC(=O)OC)[C@@H]3[C@@H]2[C@H](OC(=O)OC)C[C@]2(C)C(=O)CC[C@@H]32)C1. The second-order valence-electron chi connectivity index (χ2n) is 10.5. The summed E-state index contributed by atoms with van der Waals surface area (Å²) < 4.78 is 31.3. The highest BCUT2D eigenvalue weighted by Crippen LogP contribution is 2.65. The van der Waals surface area contributed by atoms with Crippen molar-refractivity contribution in [1.82, 2.24) is 0 Å². The largest absolute Gasteiger partial charge is 0.508 e. The van der Waals surface area contributed by atoms with Crippen LogP contribution in [0.1, 0.15) is 52.4 Å². The lowest BCUT2D eigenvalue weighted by atomic mass is 9.46. The number of ketones is 1. The third-order valence-electron chi connectivity index (χ3n) is 8.93. The highest BCUT2D eigenvalue weighted by Gasteiger charge is 2.66. The van der Waals surface area contributed by atoms with Crippen LogP contribution in [0, 0.1) is 28.6 Å². The van der Waals surface area contributed by atoms with Gasteiger partial charge in [-0.15, -0.1) is 0 Å². The molecule has 0 aromatic rings. The number of ether oxygens (including phenoxy) is 6. The van der Waals surface area contributed by atoms with E-state index in [0.717, 1.165) is 5.57 Å². The van der Waals surface area contributed by atoms with E-state index in [0.29, 0.717) is 38.5 Å². The van der Waals surface area contributed by atoms with E-state index in [1.807, 2.05) is 13.0 Å². The van der Waals surface area contributed by atoms with Crippen LogP contribution in [-0.2, 0) is 33.2 Å². The Morgan fingerprint density at radius 1 is 0.886 bits per heavy atom. The van der Waals surface area contributed by atoms with Crippen molar-refractivity contribution in [1.29, 1.82) is 0 Å². The predicted octanol–water partition coefficient (Wildman–Crippen LogP) is 4.19. The van der Waals surface area contributed by atoms with Gasteiger partial charge in [0, 0.05) is 30.1 Å². The number of carbonyl (C=O) groups excluding carboxylic acids is 4. The Balaban J connectivity index is 1.79. The van der Waals surface area contributed by atoms with Crippen molar-refractivity contribution in [3.63, 3.8) is 0 Å². The van der Waals surface area contributed by atoms with E-state index in [1.54, 1.807) is 0 Å². The normalized spacial score (nSPS) is 39.7. The molecule has 194 valence electrons. The lowest BCUT2D eigenvalue weighted by molar-refractivity contribution is -0.163. The van der Waals surface area contributed by atoms with E-state index < -0.39 is 41.5 Å². The van der Waals surface area contributed by atoms with E-state index in [4.69, 9.17) is 23.7 Å². The molecule has 0 aromatic carbocycles. The second-order valence-corrected chi connectivity index (χ2v) is 10.5. The summed E-state index contributed by atoms with van der Waals surface area (Å²) in [6.45, 7) is 4.04. The highest BCUT2D eigenvalue weighted by molar-refractivity contribution is 5.87. The molecule has 3 saturated carbocycles. The number of hydrogen-bond acceptors (Lipinski definition) is 10. The molecule has 0 bridgehead atoms. The molecule has 4 aliphatic carbocycles. The lowest BCUT2D eigenvalue weighted by Gasteiger charge is -2.60. The molecule has 0 unspecified atom stereocenters. The Bertz CT molecular complexity index is 927. The van der Waals surface area contributed by atoms with Gasteiger partial charge in [0.15, 0.2) is 0 Å². The summed E-state index contributed by atoms with van der Waals surface area (Å²) in [7, 11) is 3.75. The Hall–Kier alpha value is -2.78. The average molecular weight is 495 g/mol. The molecule has 0 N–H and O–H groups in total. The smallest absolute Gasteiger partial charge is 0.438 e. The molecule has 0 saturated heterocycles. The van der Waals surface area contributed by atoms with E-state index in [-0.39, 0.29) is 29.6 Å². The molecular formula is C25H34O10. The molecule has 3 fully saturated rings. The minimum absolute atomic E-state index is 0.0502. The third-order valence-corrected chi connectivity index (χ3v) is 8.93. The Labute approximate surface area is 204 Å². The van der Waals surface area contributed by atoms with Gasteiger partial charge in [-0.05, 0) is 43.1 Å². The molecule has 0 aliphatic heterocycles. The van der Waals surface area contributed by atoms with Crippen LogP contribution >= 0.6 is 0 Å². The molecule has 10 nitrogen and oxygen atoms in total. The first-order valence-electron chi connectivity index (χ1n) is 12.1. The summed E-state index contributed by atoms with van der Waals surface area (Å²) >= 11 is 0. The van der Waals surface area contributed by atoms with Crippen LogP contribution in [-0.4, -0.2) is 63.9 Å². The van der Waals surface area contributed by atoms with Crippen molar-refractivity contribution in [2.45, 2.75) is 70.7 Å². The molecule has 0 amide bonds. The summed E-state index contributed by atoms with van der Waals surface area (Å²) in [5.74, 6) is -0.419. The zero-order valence-corrected chi connectivity index (χ0v) is 20.9. The van der Waals surface area contributed by atoms with Crippen LogP contribution in [0.15, 0.2) is 11.6 Å². The second kappa shape index (κ2) is 9.35. The molecule has 4 aliphatic rings. The van der Waals surface area contributed by atoms with Gasteiger partial charge in [-0.2, -0.15) is 0 Å². The van der Waals surface area contributed by atoms with Gasteiger partial charge in [-0.3, -0.25) is 4.79 Å². The van der Waals surface area contributed by atoms with Crippen LogP contribution in [0.2, 0.25) is 0 Å². The van der Waals surface area contributed by atoms with Crippen molar-refractivity contribution >= 4 is 24.2 Å². The molecular weight excluding hydrogens is 460 g/mol. The maximum Gasteiger partial charge on any atom is 0.508 e. The van der Waals surface area contributed by atoms with E-state index in [9.17, 15) is 19.2 Å².